The number of hydrogen-bond acceptors (Lipinski definition) is 5. The van der Waals surface area contributed by atoms with E-state index in [2.05, 4.69) is 10.1 Å². The van der Waals surface area contributed by atoms with Crippen molar-refractivity contribution >= 4 is 5.97 Å². The Labute approximate surface area is 89.7 Å². The molecule has 5 nitrogen and oxygen atoms in total. The van der Waals surface area contributed by atoms with Gasteiger partial charge in [-0.05, 0) is 13.8 Å². The zero-order chi connectivity index (χ0) is 11.9. The highest BCUT2D eigenvalue weighted by atomic mass is 16.5. The summed E-state index contributed by atoms with van der Waals surface area (Å²) in [5.74, 6) is -0.370. The Morgan fingerprint density at radius 1 is 1.60 bits per heavy atom. The number of aliphatic hydroxyl groups is 2. The van der Waals surface area contributed by atoms with Crippen molar-refractivity contribution in [3.63, 3.8) is 0 Å². The normalized spacial score (nSPS) is 15.9. The zero-order valence-corrected chi connectivity index (χ0v) is 9.41. The van der Waals surface area contributed by atoms with Crippen LogP contribution in [0.3, 0.4) is 0 Å². The van der Waals surface area contributed by atoms with Crippen LogP contribution in [-0.2, 0) is 9.53 Å². The molecule has 0 heterocycles. The Balaban J connectivity index is 3.84. The fourth-order valence-electron chi connectivity index (χ4n) is 0.867. The summed E-state index contributed by atoms with van der Waals surface area (Å²) in [6, 6.07) is 0. The lowest BCUT2D eigenvalue weighted by molar-refractivity contribution is -0.136. The van der Waals surface area contributed by atoms with Gasteiger partial charge in [-0.3, -0.25) is 0 Å². The van der Waals surface area contributed by atoms with Crippen molar-refractivity contribution in [1.29, 1.82) is 0 Å². The third kappa shape index (κ3) is 6.22. The molecule has 0 aliphatic carbocycles. The minimum atomic E-state index is -1.13. The van der Waals surface area contributed by atoms with Gasteiger partial charge in [0.1, 0.15) is 0 Å². The average Bonchev–Trinajstić information content (AvgIpc) is 2.22. The Hall–Kier alpha value is -0.910. The lowest BCUT2D eigenvalue weighted by atomic mass is 10.1. The molecule has 88 valence electrons. The molecule has 1 atom stereocenters. The maximum Gasteiger partial charge on any atom is 0.333 e. The average molecular weight is 217 g/mol. The molecule has 1 unspecified atom stereocenters. The van der Waals surface area contributed by atoms with Crippen LogP contribution in [-0.4, -0.2) is 48.6 Å². The van der Waals surface area contributed by atoms with Gasteiger partial charge in [0.05, 0.1) is 19.3 Å². The third-order valence-corrected chi connectivity index (χ3v) is 1.91. The van der Waals surface area contributed by atoms with Gasteiger partial charge < -0.3 is 20.3 Å². The van der Waals surface area contributed by atoms with Gasteiger partial charge in [0, 0.05) is 18.7 Å². The molecule has 0 amide bonds. The molecule has 0 radical (unpaired) electrons. The number of ether oxygens (including phenoxy) is 1. The summed E-state index contributed by atoms with van der Waals surface area (Å²) in [4.78, 5) is 11.0. The summed E-state index contributed by atoms with van der Waals surface area (Å²) < 4.78 is 4.51. The number of nitrogens with one attached hydrogen (secondary N) is 1. The van der Waals surface area contributed by atoms with Crippen molar-refractivity contribution in [3.8, 4) is 0 Å². The fraction of sp³-hybridized carbons (Fsp3) is 0.700. The summed E-state index contributed by atoms with van der Waals surface area (Å²) in [5.41, 5.74) is -0.624. The third-order valence-electron chi connectivity index (χ3n) is 1.91. The van der Waals surface area contributed by atoms with E-state index in [-0.39, 0.29) is 19.1 Å². The lowest BCUT2D eigenvalue weighted by Gasteiger charge is -2.20. The largest absolute Gasteiger partial charge is 0.466 e. The highest BCUT2D eigenvalue weighted by molar-refractivity contribution is 5.87. The second-order valence-corrected chi connectivity index (χ2v) is 3.66. The van der Waals surface area contributed by atoms with Gasteiger partial charge >= 0.3 is 5.97 Å². The first-order chi connectivity index (χ1) is 6.93. The topological polar surface area (TPSA) is 78.8 Å². The molecule has 0 fully saturated rings. The van der Waals surface area contributed by atoms with Crippen molar-refractivity contribution in [3.05, 3.63) is 11.6 Å². The van der Waals surface area contributed by atoms with Crippen LogP contribution in [0.25, 0.3) is 0 Å². The highest BCUT2D eigenvalue weighted by Gasteiger charge is 2.17. The minimum absolute atomic E-state index is 0.258. The first-order valence-corrected chi connectivity index (χ1v) is 4.72. The van der Waals surface area contributed by atoms with E-state index in [4.69, 9.17) is 5.11 Å². The molecule has 0 aliphatic rings. The Bertz CT molecular complexity index is 236. The molecule has 0 aromatic heterocycles. The number of carbonyl (C=O) groups is 1. The summed E-state index contributed by atoms with van der Waals surface area (Å²) in [6.45, 7) is 3.57. The molecule has 15 heavy (non-hydrogen) atoms. The zero-order valence-electron chi connectivity index (χ0n) is 9.41. The van der Waals surface area contributed by atoms with Crippen molar-refractivity contribution in [2.24, 2.45) is 0 Å². The lowest BCUT2D eigenvalue weighted by Crippen LogP contribution is -2.41. The molecule has 5 heteroatoms. The Morgan fingerprint density at radius 2 is 2.20 bits per heavy atom. The van der Waals surface area contributed by atoms with Gasteiger partial charge in [-0.15, -0.1) is 0 Å². The van der Waals surface area contributed by atoms with Crippen LogP contribution >= 0.6 is 0 Å². The van der Waals surface area contributed by atoms with E-state index in [1.807, 2.05) is 0 Å². The smallest absolute Gasteiger partial charge is 0.333 e. The van der Waals surface area contributed by atoms with E-state index in [0.29, 0.717) is 12.1 Å². The van der Waals surface area contributed by atoms with Gasteiger partial charge in [-0.1, -0.05) is 6.08 Å². The molecule has 0 bridgehead atoms. The van der Waals surface area contributed by atoms with Crippen LogP contribution < -0.4 is 5.32 Å². The van der Waals surface area contributed by atoms with E-state index in [1.54, 1.807) is 13.0 Å². The van der Waals surface area contributed by atoms with Crippen molar-refractivity contribution in [2.75, 3.05) is 26.8 Å². The second kappa shape index (κ2) is 6.55. The first-order valence-electron chi connectivity index (χ1n) is 4.72. The molecule has 0 spiro atoms. The Morgan fingerprint density at radius 3 is 2.67 bits per heavy atom. The predicted octanol–water partition coefficient (Wildman–Crippen LogP) is -0.561. The quantitative estimate of drug-likeness (QED) is 0.316. The molecule has 0 saturated heterocycles. The Kier molecular flexibility index (Phi) is 6.15. The van der Waals surface area contributed by atoms with Crippen molar-refractivity contribution in [1.82, 2.24) is 5.32 Å². The molecule has 0 saturated carbocycles. The van der Waals surface area contributed by atoms with Crippen LogP contribution in [0, 0.1) is 0 Å². The number of methoxy groups -OCH3 is 1. The minimum Gasteiger partial charge on any atom is -0.466 e. The van der Waals surface area contributed by atoms with Crippen LogP contribution in [0.15, 0.2) is 11.6 Å². The number of carbonyl (C=O) groups excluding carboxylic acids is 1. The van der Waals surface area contributed by atoms with Gasteiger partial charge in [0.25, 0.3) is 0 Å². The maximum atomic E-state index is 11.0. The van der Waals surface area contributed by atoms with Gasteiger partial charge in [-0.2, -0.15) is 0 Å². The molecular formula is C10H19NO4. The summed E-state index contributed by atoms with van der Waals surface area (Å²) in [6.07, 6.45) is 1.67. The summed E-state index contributed by atoms with van der Waals surface area (Å²) in [7, 11) is 1.32. The van der Waals surface area contributed by atoms with Crippen molar-refractivity contribution < 1.29 is 19.7 Å². The number of aliphatic hydroxyl groups excluding tert-OH is 1. The monoisotopic (exact) mass is 217 g/mol. The van der Waals surface area contributed by atoms with Crippen LogP contribution in [0.2, 0.25) is 0 Å². The van der Waals surface area contributed by atoms with E-state index < -0.39 is 5.60 Å². The molecule has 0 aromatic carbocycles. The first kappa shape index (κ1) is 14.1. The van der Waals surface area contributed by atoms with E-state index in [1.165, 1.54) is 14.0 Å². The SMILES string of the molecule is COC(=O)C(C)=CCNCC(C)(O)CO. The molecule has 0 rings (SSSR count). The summed E-state index contributed by atoms with van der Waals surface area (Å²) >= 11 is 0. The number of esters is 1. The van der Waals surface area contributed by atoms with Gasteiger partial charge in [0.2, 0.25) is 0 Å². The molecule has 0 aromatic rings. The van der Waals surface area contributed by atoms with Gasteiger partial charge in [-0.25, -0.2) is 4.79 Å². The van der Waals surface area contributed by atoms with E-state index >= 15 is 0 Å². The molecule has 0 aliphatic heterocycles. The van der Waals surface area contributed by atoms with Crippen LogP contribution in [0.1, 0.15) is 13.8 Å². The number of hydrogen-bond donors (Lipinski definition) is 3. The van der Waals surface area contributed by atoms with E-state index in [9.17, 15) is 9.90 Å². The van der Waals surface area contributed by atoms with Crippen LogP contribution in [0.4, 0.5) is 0 Å². The van der Waals surface area contributed by atoms with Crippen molar-refractivity contribution in [2.45, 2.75) is 19.4 Å². The summed E-state index contributed by atoms with van der Waals surface area (Å²) in [5, 5.41) is 21.1. The second-order valence-electron chi connectivity index (χ2n) is 3.66. The standard InChI is InChI=1S/C10H19NO4/c1-8(9(13)15-3)4-5-11-6-10(2,14)7-12/h4,11-12,14H,5-7H2,1-3H3. The molecular weight excluding hydrogens is 198 g/mol. The maximum absolute atomic E-state index is 11.0. The number of rotatable bonds is 6. The predicted molar refractivity (Wildman–Crippen MR) is 56.4 cm³/mol. The van der Waals surface area contributed by atoms with Crippen LogP contribution in [0.5, 0.6) is 0 Å². The van der Waals surface area contributed by atoms with Gasteiger partial charge in [0.15, 0.2) is 0 Å². The molecule has 3 N–H and O–H groups in total. The van der Waals surface area contributed by atoms with E-state index in [0.717, 1.165) is 0 Å². The fourth-order valence-corrected chi connectivity index (χ4v) is 0.867. The highest BCUT2D eigenvalue weighted by Crippen LogP contribution is 1.98.